The minimum atomic E-state index is -0.660. The van der Waals surface area contributed by atoms with Crippen LogP contribution in [0.2, 0.25) is 0 Å². The van der Waals surface area contributed by atoms with E-state index in [1.54, 1.807) is 0 Å². The van der Waals surface area contributed by atoms with E-state index in [-0.39, 0.29) is 0 Å². The SMILES string of the molecule is CC/C=C\CCCCCCCCCCCC(=O)O. The molecule has 18 heavy (non-hydrogen) atoms. The Kier molecular flexibility index (Phi) is 13.6. The normalized spacial score (nSPS) is 11.2. The third-order valence-electron chi connectivity index (χ3n) is 3.16. The number of hydrogen-bond donors (Lipinski definition) is 1. The van der Waals surface area contributed by atoms with Gasteiger partial charge in [-0.25, -0.2) is 0 Å². The summed E-state index contributed by atoms with van der Waals surface area (Å²) in [6.07, 6.45) is 18.4. The van der Waals surface area contributed by atoms with Gasteiger partial charge in [-0.15, -0.1) is 0 Å². The van der Waals surface area contributed by atoms with E-state index >= 15 is 0 Å². The van der Waals surface area contributed by atoms with E-state index in [0.717, 1.165) is 19.3 Å². The lowest BCUT2D eigenvalue weighted by Gasteiger charge is -2.01. The lowest BCUT2D eigenvalue weighted by Crippen LogP contribution is -1.93. The molecule has 0 unspecified atom stereocenters. The summed E-state index contributed by atoms with van der Waals surface area (Å²) in [6.45, 7) is 2.17. The van der Waals surface area contributed by atoms with Gasteiger partial charge >= 0.3 is 5.97 Å². The zero-order valence-corrected chi connectivity index (χ0v) is 12.0. The standard InChI is InChI=1S/C16H30O2/c1-2-3-4-5-6-7-8-9-10-11-12-13-14-15-16(17)18/h3-4H,2,5-15H2,1H3,(H,17,18)/b4-3-. The van der Waals surface area contributed by atoms with Gasteiger partial charge in [0.05, 0.1) is 0 Å². The maximum absolute atomic E-state index is 10.3. The van der Waals surface area contributed by atoms with E-state index in [2.05, 4.69) is 19.1 Å². The molecule has 0 bridgehead atoms. The molecule has 0 rings (SSSR count). The maximum atomic E-state index is 10.3. The smallest absolute Gasteiger partial charge is 0.303 e. The molecule has 0 fully saturated rings. The van der Waals surface area contributed by atoms with Crippen molar-refractivity contribution in [1.82, 2.24) is 0 Å². The number of aliphatic carboxylic acids is 1. The van der Waals surface area contributed by atoms with E-state index < -0.39 is 5.97 Å². The lowest BCUT2D eigenvalue weighted by atomic mass is 10.1. The first-order valence-corrected chi connectivity index (χ1v) is 7.64. The summed E-state index contributed by atoms with van der Waals surface area (Å²) in [4.78, 5) is 10.3. The van der Waals surface area contributed by atoms with Crippen molar-refractivity contribution in [2.24, 2.45) is 0 Å². The number of hydrogen-bond acceptors (Lipinski definition) is 1. The fourth-order valence-corrected chi connectivity index (χ4v) is 2.06. The van der Waals surface area contributed by atoms with Crippen molar-refractivity contribution in [3.63, 3.8) is 0 Å². The van der Waals surface area contributed by atoms with Crippen LogP contribution in [-0.2, 0) is 4.79 Å². The quantitative estimate of drug-likeness (QED) is 0.356. The Balaban J connectivity index is 2.99. The summed E-state index contributed by atoms with van der Waals surface area (Å²) < 4.78 is 0. The van der Waals surface area contributed by atoms with Crippen LogP contribution in [0.4, 0.5) is 0 Å². The van der Waals surface area contributed by atoms with Gasteiger partial charge in [-0.2, -0.15) is 0 Å². The van der Waals surface area contributed by atoms with Gasteiger partial charge < -0.3 is 5.11 Å². The summed E-state index contributed by atoms with van der Waals surface area (Å²) in [5, 5.41) is 8.49. The van der Waals surface area contributed by atoms with Crippen molar-refractivity contribution in [2.45, 2.75) is 84.0 Å². The second-order valence-corrected chi connectivity index (χ2v) is 4.99. The Morgan fingerprint density at radius 2 is 1.33 bits per heavy atom. The molecule has 0 atom stereocenters. The van der Waals surface area contributed by atoms with E-state index in [9.17, 15) is 4.79 Å². The predicted molar refractivity (Wildman–Crippen MR) is 77.9 cm³/mol. The first-order valence-electron chi connectivity index (χ1n) is 7.64. The molecule has 0 saturated heterocycles. The van der Waals surface area contributed by atoms with Gasteiger partial charge in [-0.1, -0.05) is 64.0 Å². The minimum Gasteiger partial charge on any atom is -0.481 e. The highest BCUT2D eigenvalue weighted by atomic mass is 16.4. The van der Waals surface area contributed by atoms with Gasteiger partial charge in [0.25, 0.3) is 0 Å². The molecule has 0 amide bonds. The van der Waals surface area contributed by atoms with Gasteiger partial charge in [0, 0.05) is 6.42 Å². The molecule has 2 heteroatoms. The zero-order chi connectivity index (χ0) is 13.5. The highest BCUT2D eigenvalue weighted by Gasteiger charge is 1.96. The summed E-state index contributed by atoms with van der Waals surface area (Å²) in [5.74, 6) is -0.660. The van der Waals surface area contributed by atoms with Crippen LogP contribution in [0.15, 0.2) is 12.2 Å². The van der Waals surface area contributed by atoms with Crippen LogP contribution in [0.1, 0.15) is 84.0 Å². The zero-order valence-electron chi connectivity index (χ0n) is 12.0. The lowest BCUT2D eigenvalue weighted by molar-refractivity contribution is -0.137. The van der Waals surface area contributed by atoms with Crippen molar-refractivity contribution >= 4 is 5.97 Å². The number of allylic oxidation sites excluding steroid dienone is 2. The highest BCUT2D eigenvalue weighted by Crippen LogP contribution is 2.11. The fraction of sp³-hybridized carbons (Fsp3) is 0.812. The summed E-state index contributed by atoms with van der Waals surface area (Å²) >= 11 is 0. The molecule has 2 nitrogen and oxygen atoms in total. The van der Waals surface area contributed by atoms with Crippen LogP contribution < -0.4 is 0 Å². The molecule has 0 aliphatic carbocycles. The van der Waals surface area contributed by atoms with Gasteiger partial charge in [0.15, 0.2) is 0 Å². The molecule has 0 saturated carbocycles. The second kappa shape index (κ2) is 14.3. The van der Waals surface area contributed by atoms with Gasteiger partial charge in [0.1, 0.15) is 0 Å². The van der Waals surface area contributed by atoms with E-state index in [4.69, 9.17) is 5.11 Å². The molecule has 0 aromatic rings. The number of unbranched alkanes of at least 4 members (excludes halogenated alkanes) is 9. The molecule has 0 aliphatic rings. The van der Waals surface area contributed by atoms with Crippen molar-refractivity contribution < 1.29 is 9.90 Å². The van der Waals surface area contributed by atoms with E-state index in [1.165, 1.54) is 51.4 Å². The Morgan fingerprint density at radius 1 is 0.833 bits per heavy atom. The molecule has 0 spiro atoms. The molecule has 106 valence electrons. The van der Waals surface area contributed by atoms with Crippen molar-refractivity contribution in [3.05, 3.63) is 12.2 Å². The summed E-state index contributed by atoms with van der Waals surface area (Å²) in [5.41, 5.74) is 0. The minimum absolute atomic E-state index is 0.339. The first kappa shape index (κ1) is 17.2. The Bertz CT molecular complexity index is 209. The molecular weight excluding hydrogens is 224 g/mol. The van der Waals surface area contributed by atoms with Crippen LogP contribution in [0, 0.1) is 0 Å². The van der Waals surface area contributed by atoms with Crippen molar-refractivity contribution in [3.8, 4) is 0 Å². The fourth-order valence-electron chi connectivity index (χ4n) is 2.06. The van der Waals surface area contributed by atoms with E-state index in [1.807, 2.05) is 0 Å². The van der Waals surface area contributed by atoms with Crippen LogP contribution >= 0.6 is 0 Å². The topological polar surface area (TPSA) is 37.3 Å². The molecule has 0 aliphatic heterocycles. The Labute approximate surface area is 112 Å². The number of rotatable bonds is 13. The second-order valence-electron chi connectivity index (χ2n) is 4.99. The molecule has 0 aromatic carbocycles. The maximum Gasteiger partial charge on any atom is 0.303 e. The van der Waals surface area contributed by atoms with Crippen LogP contribution in [0.25, 0.3) is 0 Å². The third-order valence-corrected chi connectivity index (χ3v) is 3.16. The van der Waals surface area contributed by atoms with Crippen LogP contribution in [0.5, 0.6) is 0 Å². The van der Waals surface area contributed by atoms with Gasteiger partial charge in [-0.05, 0) is 25.7 Å². The number of carboxylic acid groups (broad SMARTS) is 1. The largest absolute Gasteiger partial charge is 0.481 e. The molecule has 0 radical (unpaired) electrons. The Morgan fingerprint density at radius 3 is 1.83 bits per heavy atom. The van der Waals surface area contributed by atoms with Crippen molar-refractivity contribution in [2.75, 3.05) is 0 Å². The van der Waals surface area contributed by atoms with Gasteiger partial charge in [0.2, 0.25) is 0 Å². The summed E-state index contributed by atoms with van der Waals surface area (Å²) in [6, 6.07) is 0. The first-order chi connectivity index (χ1) is 8.77. The third kappa shape index (κ3) is 15.2. The van der Waals surface area contributed by atoms with Gasteiger partial charge in [-0.3, -0.25) is 4.79 Å². The summed E-state index contributed by atoms with van der Waals surface area (Å²) in [7, 11) is 0. The average molecular weight is 254 g/mol. The number of carboxylic acids is 1. The molecule has 1 N–H and O–H groups in total. The number of carbonyl (C=O) groups is 1. The van der Waals surface area contributed by atoms with Crippen LogP contribution in [-0.4, -0.2) is 11.1 Å². The van der Waals surface area contributed by atoms with Crippen LogP contribution in [0.3, 0.4) is 0 Å². The monoisotopic (exact) mass is 254 g/mol. The predicted octanol–water partition coefficient (Wildman–Crippen LogP) is 5.33. The van der Waals surface area contributed by atoms with E-state index in [0.29, 0.717) is 6.42 Å². The average Bonchev–Trinajstić information content (AvgIpc) is 2.34. The molecule has 0 aromatic heterocycles. The molecule has 0 heterocycles. The molecular formula is C16H30O2. The highest BCUT2D eigenvalue weighted by molar-refractivity contribution is 5.66. The van der Waals surface area contributed by atoms with Crippen molar-refractivity contribution in [1.29, 1.82) is 0 Å². The Hall–Kier alpha value is -0.790.